The molecule has 120 valence electrons. The third kappa shape index (κ3) is 4.97. The number of hydrogen-bond acceptors (Lipinski definition) is 3. The lowest BCUT2D eigenvalue weighted by Gasteiger charge is -2.33. The lowest BCUT2D eigenvalue weighted by molar-refractivity contribution is 0.146. The van der Waals surface area contributed by atoms with Crippen molar-refractivity contribution in [3.05, 3.63) is 30.1 Å². The van der Waals surface area contributed by atoms with Crippen molar-refractivity contribution in [1.29, 1.82) is 0 Å². The Labute approximate surface area is 128 Å². The lowest BCUT2D eigenvalue weighted by Crippen LogP contribution is -2.48. The molecular formula is C17H29FN2O. The second kappa shape index (κ2) is 9.00. The number of nitrogens with zero attached hydrogens (tertiary/aromatic N) is 1. The molecule has 0 saturated heterocycles. The van der Waals surface area contributed by atoms with Gasteiger partial charge in [0.1, 0.15) is 5.82 Å². The highest BCUT2D eigenvalue weighted by molar-refractivity contribution is 5.47. The van der Waals surface area contributed by atoms with Gasteiger partial charge in [0.05, 0.1) is 12.3 Å². The van der Waals surface area contributed by atoms with Crippen LogP contribution in [0.5, 0.6) is 0 Å². The van der Waals surface area contributed by atoms with Crippen LogP contribution < -0.4 is 10.2 Å². The number of hydrogen-bond donors (Lipinski definition) is 2. The number of halogens is 1. The summed E-state index contributed by atoms with van der Waals surface area (Å²) in [7, 11) is 0. The number of para-hydroxylation sites is 1. The SMILES string of the molecule is CCNC(CC)(CO)CCCN(CC)c1ccccc1F. The van der Waals surface area contributed by atoms with Crippen molar-refractivity contribution in [2.24, 2.45) is 0 Å². The maximum atomic E-state index is 13.8. The van der Waals surface area contributed by atoms with Crippen LogP contribution >= 0.6 is 0 Å². The lowest BCUT2D eigenvalue weighted by atomic mass is 9.91. The largest absolute Gasteiger partial charge is 0.394 e. The molecule has 1 rings (SSSR count). The molecule has 0 aliphatic carbocycles. The number of aliphatic hydroxyl groups is 1. The maximum Gasteiger partial charge on any atom is 0.146 e. The van der Waals surface area contributed by atoms with E-state index in [1.54, 1.807) is 6.07 Å². The van der Waals surface area contributed by atoms with E-state index in [2.05, 4.69) is 24.1 Å². The molecule has 0 aliphatic heterocycles. The second-order valence-electron chi connectivity index (χ2n) is 5.46. The Balaban J connectivity index is 2.62. The molecule has 0 aromatic heterocycles. The topological polar surface area (TPSA) is 35.5 Å². The summed E-state index contributed by atoms with van der Waals surface area (Å²) < 4.78 is 13.8. The molecule has 0 spiro atoms. The molecule has 3 nitrogen and oxygen atoms in total. The van der Waals surface area contributed by atoms with E-state index in [1.807, 2.05) is 19.1 Å². The van der Waals surface area contributed by atoms with Crippen LogP contribution in [0.25, 0.3) is 0 Å². The first kappa shape index (κ1) is 17.9. The number of rotatable bonds is 10. The maximum absolute atomic E-state index is 13.8. The summed E-state index contributed by atoms with van der Waals surface area (Å²) >= 11 is 0. The van der Waals surface area contributed by atoms with Gasteiger partial charge in [-0.15, -0.1) is 0 Å². The molecule has 0 heterocycles. The monoisotopic (exact) mass is 296 g/mol. The van der Waals surface area contributed by atoms with Gasteiger partial charge in [-0.25, -0.2) is 4.39 Å². The molecule has 0 fully saturated rings. The number of anilines is 1. The molecular weight excluding hydrogens is 267 g/mol. The van der Waals surface area contributed by atoms with Crippen LogP contribution in [0.2, 0.25) is 0 Å². The Bertz CT molecular complexity index is 408. The molecule has 0 amide bonds. The Hall–Kier alpha value is -1.13. The van der Waals surface area contributed by atoms with Gasteiger partial charge in [-0.1, -0.05) is 26.0 Å². The summed E-state index contributed by atoms with van der Waals surface area (Å²) in [6.45, 7) is 8.74. The van der Waals surface area contributed by atoms with Gasteiger partial charge >= 0.3 is 0 Å². The third-order valence-electron chi connectivity index (χ3n) is 4.19. The number of likely N-dealkylation sites (N-methyl/N-ethyl adjacent to an activating group) is 1. The average molecular weight is 296 g/mol. The molecule has 0 bridgehead atoms. The summed E-state index contributed by atoms with van der Waals surface area (Å²) in [6.07, 6.45) is 2.70. The first-order chi connectivity index (χ1) is 10.1. The second-order valence-corrected chi connectivity index (χ2v) is 5.46. The minimum absolute atomic E-state index is 0.142. The Kier molecular flexibility index (Phi) is 7.68. The van der Waals surface area contributed by atoms with E-state index in [0.717, 1.165) is 38.9 Å². The van der Waals surface area contributed by atoms with Crippen LogP contribution in [-0.2, 0) is 0 Å². The number of aliphatic hydroxyl groups excluding tert-OH is 1. The van der Waals surface area contributed by atoms with Gasteiger partial charge in [0, 0.05) is 18.6 Å². The van der Waals surface area contributed by atoms with Crippen LogP contribution in [-0.4, -0.2) is 36.9 Å². The van der Waals surface area contributed by atoms with Gasteiger partial charge in [0.2, 0.25) is 0 Å². The van der Waals surface area contributed by atoms with Crippen molar-refractivity contribution in [2.45, 2.75) is 45.6 Å². The van der Waals surface area contributed by atoms with E-state index >= 15 is 0 Å². The van der Waals surface area contributed by atoms with E-state index in [-0.39, 0.29) is 18.0 Å². The summed E-state index contributed by atoms with van der Waals surface area (Å²) in [5, 5.41) is 13.1. The van der Waals surface area contributed by atoms with Crippen LogP contribution in [0.3, 0.4) is 0 Å². The van der Waals surface area contributed by atoms with E-state index in [9.17, 15) is 9.50 Å². The highest BCUT2D eigenvalue weighted by Gasteiger charge is 2.25. The fourth-order valence-electron chi connectivity index (χ4n) is 2.78. The van der Waals surface area contributed by atoms with Crippen molar-refractivity contribution in [1.82, 2.24) is 5.32 Å². The number of nitrogens with one attached hydrogen (secondary N) is 1. The summed E-state index contributed by atoms with van der Waals surface area (Å²) in [5.41, 5.74) is 0.457. The summed E-state index contributed by atoms with van der Waals surface area (Å²) in [4.78, 5) is 2.05. The Morgan fingerprint density at radius 2 is 1.95 bits per heavy atom. The molecule has 4 heteroatoms. The molecule has 0 aliphatic rings. The molecule has 21 heavy (non-hydrogen) atoms. The molecule has 1 atom stereocenters. The van der Waals surface area contributed by atoms with E-state index in [0.29, 0.717) is 5.69 Å². The van der Waals surface area contributed by atoms with Crippen molar-refractivity contribution in [3.63, 3.8) is 0 Å². The van der Waals surface area contributed by atoms with Crippen LogP contribution in [0, 0.1) is 5.82 Å². The summed E-state index contributed by atoms with van der Waals surface area (Å²) in [6, 6.07) is 6.90. The minimum atomic E-state index is -0.205. The highest BCUT2D eigenvalue weighted by Crippen LogP contribution is 2.21. The molecule has 2 N–H and O–H groups in total. The standard InChI is InChI=1S/C17H29FN2O/c1-4-17(14-21,19-5-2)12-9-13-20(6-3)16-11-8-7-10-15(16)18/h7-8,10-11,19,21H,4-6,9,12-14H2,1-3H3. The van der Waals surface area contributed by atoms with Crippen LogP contribution in [0.15, 0.2) is 24.3 Å². The zero-order chi connectivity index (χ0) is 15.7. The smallest absolute Gasteiger partial charge is 0.146 e. The first-order valence-corrected chi connectivity index (χ1v) is 7.97. The van der Waals surface area contributed by atoms with E-state index < -0.39 is 0 Å². The fourth-order valence-corrected chi connectivity index (χ4v) is 2.78. The third-order valence-corrected chi connectivity index (χ3v) is 4.19. The minimum Gasteiger partial charge on any atom is -0.394 e. The zero-order valence-electron chi connectivity index (χ0n) is 13.5. The molecule has 0 saturated carbocycles. The van der Waals surface area contributed by atoms with E-state index in [1.165, 1.54) is 6.07 Å². The van der Waals surface area contributed by atoms with Crippen molar-refractivity contribution < 1.29 is 9.50 Å². The van der Waals surface area contributed by atoms with Gasteiger partial charge in [0.25, 0.3) is 0 Å². The predicted molar refractivity (Wildman–Crippen MR) is 87.3 cm³/mol. The Morgan fingerprint density at radius 1 is 1.24 bits per heavy atom. The van der Waals surface area contributed by atoms with Gasteiger partial charge in [0.15, 0.2) is 0 Å². The molecule has 1 aromatic carbocycles. The zero-order valence-corrected chi connectivity index (χ0v) is 13.5. The van der Waals surface area contributed by atoms with Gasteiger partial charge < -0.3 is 15.3 Å². The van der Waals surface area contributed by atoms with Crippen LogP contribution in [0.1, 0.15) is 40.0 Å². The van der Waals surface area contributed by atoms with Gasteiger partial charge in [-0.05, 0) is 44.9 Å². The van der Waals surface area contributed by atoms with E-state index in [4.69, 9.17) is 0 Å². The first-order valence-electron chi connectivity index (χ1n) is 7.97. The normalized spacial score (nSPS) is 14.0. The summed E-state index contributed by atoms with van der Waals surface area (Å²) in [5.74, 6) is -0.171. The molecule has 0 radical (unpaired) electrons. The number of benzene rings is 1. The van der Waals surface area contributed by atoms with Gasteiger partial charge in [-0.2, -0.15) is 0 Å². The molecule has 1 unspecified atom stereocenters. The quantitative estimate of drug-likeness (QED) is 0.696. The predicted octanol–water partition coefficient (Wildman–Crippen LogP) is 3.18. The van der Waals surface area contributed by atoms with Crippen LogP contribution in [0.4, 0.5) is 10.1 Å². The fraction of sp³-hybridized carbons (Fsp3) is 0.647. The Morgan fingerprint density at radius 3 is 2.48 bits per heavy atom. The van der Waals surface area contributed by atoms with Gasteiger partial charge in [-0.3, -0.25) is 0 Å². The van der Waals surface area contributed by atoms with Crippen molar-refractivity contribution >= 4 is 5.69 Å². The highest BCUT2D eigenvalue weighted by atomic mass is 19.1. The van der Waals surface area contributed by atoms with Crippen molar-refractivity contribution in [3.8, 4) is 0 Å². The molecule has 1 aromatic rings. The van der Waals surface area contributed by atoms with Crippen molar-refractivity contribution in [2.75, 3.05) is 31.1 Å². The average Bonchev–Trinajstić information content (AvgIpc) is 2.51.